The Balaban J connectivity index is 3.01. The van der Waals surface area contributed by atoms with Crippen LogP contribution in [0.25, 0.3) is 10.1 Å². The molecular formula is C10H11NO3S2. The number of aromatic nitrogens is 1. The van der Waals surface area contributed by atoms with Crippen LogP contribution in [-0.4, -0.2) is 18.0 Å². The molecule has 0 unspecified atom stereocenters. The molecule has 2 aromatic rings. The molecule has 0 spiro atoms. The van der Waals surface area contributed by atoms with E-state index in [0.29, 0.717) is 16.0 Å². The molecule has 0 fully saturated rings. The lowest BCUT2D eigenvalue weighted by Gasteiger charge is -2.01. The number of rotatable bonds is 1. The average molecular weight is 257 g/mol. The quantitative estimate of drug-likeness (QED) is 0.797. The van der Waals surface area contributed by atoms with Gasteiger partial charge >= 0.3 is 0 Å². The second-order valence-electron chi connectivity index (χ2n) is 3.68. The van der Waals surface area contributed by atoms with E-state index >= 15 is 0 Å². The van der Waals surface area contributed by atoms with Gasteiger partial charge in [0.25, 0.3) is 10.1 Å². The first-order valence-corrected chi connectivity index (χ1v) is 6.91. The molecule has 0 aliphatic heterocycles. The Kier molecular flexibility index (Phi) is 2.52. The van der Waals surface area contributed by atoms with E-state index in [4.69, 9.17) is 0 Å². The molecule has 1 N–H and O–H groups in total. The van der Waals surface area contributed by atoms with Crippen LogP contribution >= 0.6 is 11.3 Å². The number of aryl methyl sites for hydroxylation is 3. The predicted octanol–water partition coefficient (Wildman–Crippen LogP) is 2.47. The van der Waals surface area contributed by atoms with Crippen molar-refractivity contribution in [1.29, 1.82) is 0 Å². The lowest BCUT2D eigenvalue weighted by atomic mass is 10.2. The molecule has 0 atom stereocenters. The van der Waals surface area contributed by atoms with E-state index in [1.165, 1.54) is 11.3 Å². The van der Waals surface area contributed by atoms with Crippen LogP contribution in [0.3, 0.4) is 0 Å². The summed E-state index contributed by atoms with van der Waals surface area (Å²) < 4.78 is 32.6. The molecule has 0 aliphatic carbocycles. The maximum atomic E-state index is 11.3. The first-order chi connectivity index (χ1) is 7.30. The van der Waals surface area contributed by atoms with Crippen molar-refractivity contribution in [2.75, 3.05) is 0 Å². The summed E-state index contributed by atoms with van der Waals surface area (Å²) >= 11 is 1.35. The molecule has 0 aliphatic rings. The summed E-state index contributed by atoms with van der Waals surface area (Å²) in [5, 5.41) is 0.538. The Morgan fingerprint density at radius 1 is 1.31 bits per heavy atom. The van der Waals surface area contributed by atoms with E-state index in [0.717, 1.165) is 10.4 Å². The minimum absolute atomic E-state index is 0.00231. The van der Waals surface area contributed by atoms with Gasteiger partial charge in [-0.15, -0.1) is 11.3 Å². The molecule has 6 heteroatoms. The molecule has 0 amide bonds. The Bertz CT molecular complexity index is 671. The molecule has 86 valence electrons. The fraction of sp³-hybridized carbons (Fsp3) is 0.300. The molecule has 0 saturated carbocycles. The monoisotopic (exact) mass is 257 g/mol. The zero-order valence-corrected chi connectivity index (χ0v) is 10.7. The van der Waals surface area contributed by atoms with Gasteiger partial charge in [-0.1, -0.05) is 0 Å². The topological polar surface area (TPSA) is 67.3 Å². The van der Waals surface area contributed by atoms with Gasteiger partial charge in [0, 0.05) is 26.4 Å². The van der Waals surface area contributed by atoms with Crippen LogP contribution in [0.4, 0.5) is 0 Å². The molecular weight excluding hydrogens is 246 g/mol. The highest BCUT2D eigenvalue weighted by Gasteiger charge is 2.22. The fourth-order valence-electron chi connectivity index (χ4n) is 1.85. The smallest absolute Gasteiger partial charge is 0.282 e. The lowest BCUT2D eigenvalue weighted by Crippen LogP contribution is -2.00. The molecule has 16 heavy (non-hydrogen) atoms. The van der Waals surface area contributed by atoms with Crippen LogP contribution in [0, 0.1) is 20.8 Å². The van der Waals surface area contributed by atoms with Crippen LogP contribution in [0.1, 0.15) is 16.3 Å². The maximum absolute atomic E-state index is 11.3. The van der Waals surface area contributed by atoms with Gasteiger partial charge in [0.15, 0.2) is 0 Å². The van der Waals surface area contributed by atoms with Crippen LogP contribution in [-0.2, 0) is 10.1 Å². The van der Waals surface area contributed by atoms with E-state index in [9.17, 15) is 13.0 Å². The molecule has 0 saturated heterocycles. The predicted molar refractivity (Wildman–Crippen MR) is 63.6 cm³/mol. The zero-order valence-electron chi connectivity index (χ0n) is 9.10. The fourth-order valence-corrected chi connectivity index (χ4v) is 4.34. The summed E-state index contributed by atoms with van der Waals surface area (Å²) in [6.07, 6.45) is 0. The van der Waals surface area contributed by atoms with Crippen molar-refractivity contribution >= 4 is 31.5 Å². The number of nitrogens with zero attached hydrogens (tertiary/aromatic N) is 1. The molecule has 4 nitrogen and oxygen atoms in total. The highest BCUT2D eigenvalue weighted by molar-refractivity contribution is 7.86. The van der Waals surface area contributed by atoms with Gasteiger partial charge in [-0.05, 0) is 26.8 Å². The van der Waals surface area contributed by atoms with Gasteiger partial charge in [-0.2, -0.15) is 8.42 Å². The Hall–Kier alpha value is -0.980. The van der Waals surface area contributed by atoms with Crippen molar-refractivity contribution in [2.45, 2.75) is 25.7 Å². The second kappa shape index (κ2) is 3.51. The van der Waals surface area contributed by atoms with E-state index < -0.39 is 10.1 Å². The number of thiophene rings is 1. The van der Waals surface area contributed by atoms with Gasteiger partial charge < -0.3 is 0 Å². The SMILES string of the molecule is Cc1cc2sc(C)c(S(=O)(=O)O)c2c(C)n1. The Morgan fingerprint density at radius 3 is 2.50 bits per heavy atom. The summed E-state index contributed by atoms with van der Waals surface area (Å²) in [6.45, 7) is 5.29. The van der Waals surface area contributed by atoms with Gasteiger partial charge in [0.05, 0.1) is 0 Å². The van der Waals surface area contributed by atoms with Crippen LogP contribution in [0.15, 0.2) is 11.0 Å². The van der Waals surface area contributed by atoms with E-state index in [1.54, 1.807) is 13.8 Å². The van der Waals surface area contributed by atoms with Crippen LogP contribution < -0.4 is 0 Å². The van der Waals surface area contributed by atoms with E-state index in [-0.39, 0.29) is 4.90 Å². The molecule has 0 radical (unpaired) electrons. The number of fused-ring (bicyclic) bond motifs is 1. The molecule has 0 aromatic carbocycles. The minimum atomic E-state index is -4.18. The summed E-state index contributed by atoms with van der Waals surface area (Å²) in [7, 11) is -4.18. The van der Waals surface area contributed by atoms with Gasteiger partial charge in [0.1, 0.15) is 4.90 Å². The van der Waals surface area contributed by atoms with Crippen molar-refractivity contribution in [3.8, 4) is 0 Å². The molecule has 2 aromatic heterocycles. The van der Waals surface area contributed by atoms with Crippen molar-refractivity contribution in [3.63, 3.8) is 0 Å². The van der Waals surface area contributed by atoms with Crippen LogP contribution in [0.5, 0.6) is 0 Å². The third-order valence-corrected chi connectivity index (χ3v) is 4.57. The Labute approximate surface area is 97.7 Å². The largest absolute Gasteiger partial charge is 0.296 e. The first kappa shape index (κ1) is 11.5. The summed E-state index contributed by atoms with van der Waals surface area (Å²) in [4.78, 5) is 4.81. The second-order valence-corrected chi connectivity index (χ2v) is 6.30. The first-order valence-electron chi connectivity index (χ1n) is 4.65. The van der Waals surface area contributed by atoms with Gasteiger partial charge in [-0.25, -0.2) is 0 Å². The minimum Gasteiger partial charge on any atom is -0.282 e. The van der Waals surface area contributed by atoms with Crippen molar-refractivity contribution < 1.29 is 13.0 Å². The lowest BCUT2D eigenvalue weighted by molar-refractivity contribution is 0.484. The van der Waals surface area contributed by atoms with Gasteiger partial charge in [0.2, 0.25) is 0 Å². The van der Waals surface area contributed by atoms with E-state index in [1.807, 2.05) is 13.0 Å². The van der Waals surface area contributed by atoms with Crippen molar-refractivity contribution in [3.05, 3.63) is 22.3 Å². The van der Waals surface area contributed by atoms with E-state index in [2.05, 4.69) is 4.98 Å². The standard InChI is InChI=1S/C10H11NO3S2/c1-5-4-8-9(6(2)11-5)10(7(3)15-8)16(12,13)14/h4H,1-3H3,(H,12,13,14). The summed E-state index contributed by atoms with van der Waals surface area (Å²) in [6, 6.07) is 1.83. The highest BCUT2D eigenvalue weighted by atomic mass is 32.2. The number of hydrogen-bond donors (Lipinski definition) is 1. The van der Waals surface area contributed by atoms with Crippen molar-refractivity contribution in [1.82, 2.24) is 4.98 Å². The average Bonchev–Trinajstić information content (AvgIpc) is 2.39. The highest BCUT2D eigenvalue weighted by Crippen LogP contribution is 2.35. The summed E-state index contributed by atoms with van der Waals surface area (Å²) in [5.41, 5.74) is 1.47. The van der Waals surface area contributed by atoms with Gasteiger partial charge in [-0.3, -0.25) is 9.54 Å². The number of pyridine rings is 1. The zero-order chi connectivity index (χ0) is 12.1. The third-order valence-electron chi connectivity index (χ3n) is 2.36. The summed E-state index contributed by atoms with van der Waals surface area (Å²) in [5.74, 6) is 0. The normalized spacial score (nSPS) is 12.2. The number of hydrogen-bond acceptors (Lipinski definition) is 4. The van der Waals surface area contributed by atoms with Crippen molar-refractivity contribution in [2.24, 2.45) is 0 Å². The van der Waals surface area contributed by atoms with Crippen LogP contribution in [0.2, 0.25) is 0 Å². The molecule has 2 rings (SSSR count). The molecule has 2 heterocycles. The maximum Gasteiger partial charge on any atom is 0.296 e. The third kappa shape index (κ3) is 1.73. The Morgan fingerprint density at radius 2 is 1.94 bits per heavy atom. The molecule has 0 bridgehead atoms.